The molecule has 1 aromatic carbocycles. The average molecular weight is 290 g/mol. The van der Waals surface area contributed by atoms with E-state index in [1.54, 1.807) is 24.3 Å². The maximum Gasteiger partial charge on any atom is 0.220 e. The summed E-state index contributed by atoms with van der Waals surface area (Å²) in [5, 5.41) is 10.1. The zero-order chi connectivity index (χ0) is 15.4. The molecule has 0 bridgehead atoms. The number of rotatable bonds is 5. The average Bonchev–Trinajstić information content (AvgIpc) is 2.47. The summed E-state index contributed by atoms with van der Waals surface area (Å²) in [6, 6.07) is 8.84. The lowest BCUT2D eigenvalue weighted by atomic mass is 9.75. The molecule has 0 heterocycles. The van der Waals surface area contributed by atoms with Crippen molar-refractivity contribution >= 4 is 5.78 Å². The second-order valence-corrected chi connectivity index (χ2v) is 6.58. The van der Waals surface area contributed by atoms with Gasteiger partial charge < -0.3 is 9.84 Å². The summed E-state index contributed by atoms with van der Waals surface area (Å²) in [7, 11) is 0. The maximum absolute atomic E-state index is 12.2. The highest BCUT2D eigenvalue weighted by molar-refractivity contribution is 5.98. The second kappa shape index (κ2) is 7.19. The van der Waals surface area contributed by atoms with Crippen molar-refractivity contribution < 1.29 is 14.6 Å². The van der Waals surface area contributed by atoms with E-state index in [2.05, 4.69) is 20.8 Å². The molecule has 1 saturated carbocycles. The third-order valence-electron chi connectivity index (χ3n) is 4.55. The Balaban J connectivity index is 2.02. The zero-order valence-electron chi connectivity index (χ0n) is 13.2. The van der Waals surface area contributed by atoms with Crippen LogP contribution in [0.15, 0.2) is 30.3 Å². The van der Waals surface area contributed by atoms with Gasteiger partial charge in [0, 0.05) is 5.56 Å². The van der Waals surface area contributed by atoms with E-state index in [-0.39, 0.29) is 11.9 Å². The predicted molar refractivity (Wildman–Crippen MR) is 83.0 cm³/mol. The van der Waals surface area contributed by atoms with Crippen LogP contribution in [-0.2, 0) is 4.74 Å². The van der Waals surface area contributed by atoms with Crippen molar-refractivity contribution in [3.8, 4) is 0 Å². The Morgan fingerprint density at radius 1 is 1.24 bits per heavy atom. The van der Waals surface area contributed by atoms with Gasteiger partial charge in [-0.25, -0.2) is 0 Å². The third kappa shape index (κ3) is 4.14. The molecular formula is C18H26O3. The minimum atomic E-state index is -1.36. The lowest BCUT2D eigenvalue weighted by Crippen LogP contribution is -2.39. The SMILES string of the molecule is CC1CCC(C(C)C)C(OC(O)C(=O)c2ccccc2)C1. The fraction of sp³-hybridized carbons (Fsp3) is 0.611. The minimum Gasteiger partial charge on any atom is -0.362 e. The minimum absolute atomic E-state index is 0.0311. The van der Waals surface area contributed by atoms with Gasteiger partial charge in [0.25, 0.3) is 0 Å². The van der Waals surface area contributed by atoms with E-state index in [9.17, 15) is 9.90 Å². The van der Waals surface area contributed by atoms with Crippen molar-refractivity contribution in [2.45, 2.75) is 52.4 Å². The summed E-state index contributed by atoms with van der Waals surface area (Å²) in [4.78, 5) is 12.2. The standard InChI is InChI=1S/C18H26O3/c1-12(2)15-10-9-13(3)11-16(15)21-18(20)17(19)14-7-5-4-6-8-14/h4-8,12-13,15-16,18,20H,9-11H2,1-3H3. The number of Topliss-reactive ketones (excluding diaryl/α,β-unsaturated/α-hetero) is 1. The molecule has 2 rings (SSSR count). The zero-order valence-corrected chi connectivity index (χ0v) is 13.2. The van der Waals surface area contributed by atoms with E-state index in [1.807, 2.05) is 6.07 Å². The van der Waals surface area contributed by atoms with Crippen LogP contribution in [0, 0.1) is 17.8 Å². The first-order valence-electron chi connectivity index (χ1n) is 7.91. The first-order valence-corrected chi connectivity index (χ1v) is 7.91. The van der Waals surface area contributed by atoms with Gasteiger partial charge in [-0.15, -0.1) is 0 Å². The summed E-state index contributed by atoms with van der Waals surface area (Å²) in [5.41, 5.74) is 0.495. The molecule has 0 amide bonds. The van der Waals surface area contributed by atoms with Gasteiger partial charge in [0.15, 0.2) is 0 Å². The second-order valence-electron chi connectivity index (χ2n) is 6.58. The Kier molecular flexibility index (Phi) is 5.54. The Morgan fingerprint density at radius 2 is 1.90 bits per heavy atom. The molecule has 3 nitrogen and oxygen atoms in total. The van der Waals surface area contributed by atoms with Gasteiger partial charge in [-0.1, -0.05) is 57.5 Å². The summed E-state index contributed by atoms with van der Waals surface area (Å²) in [6.45, 7) is 6.57. The molecule has 116 valence electrons. The fourth-order valence-corrected chi connectivity index (χ4v) is 3.24. The summed E-state index contributed by atoms with van der Waals surface area (Å²) >= 11 is 0. The van der Waals surface area contributed by atoms with Crippen LogP contribution in [0.4, 0.5) is 0 Å². The van der Waals surface area contributed by atoms with Crippen LogP contribution in [0.25, 0.3) is 0 Å². The highest BCUT2D eigenvalue weighted by Crippen LogP contribution is 2.35. The summed E-state index contributed by atoms with van der Waals surface area (Å²) < 4.78 is 5.76. The fourth-order valence-electron chi connectivity index (χ4n) is 3.24. The Morgan fingerprint density at radius 3 is 2.52 bits per heavy atom. The van der Waals surface area contributed by atoms with Gasteiger partial charge in [0.05, 0.1) is 6.10 Å². The quantitative estimate of drug-likeness (QED) is 0.665. The molecule has 0 spiro atoms. The molecule has 21 heavy (non-hydrogen) atoms. The molecule has 4 atom stereocenters. The number of carbonyl (C=O) groups is 1. The van der Waals surface area contributed by atoms with Crippen LogP contribution in [0.3, 0.4) is 0 Å². The Labute approximate surface area is 127 Å². The van der Waals surface area contributed by atoms with Gasteiger partial charge >= 0.3 is 0 Å². The predicted octanol–water partition coefficient (Wildman–Crippen LogP) is 3.67. The Bertz CT molecular complexity index is 455. The molecular weight excluding hydrogens is 264 g/mol. The first kappa shape index (κ1) is 16.2. The van der Waals surface area contributed by atoms with E-state index < -0.39 is 6.29 Å². The van der Waals surface area contributed by atoms with Crippen molar-refractivity contribution in [3.63, 3.8) is 0 Å². The summed E-state index contributed by atoms with van der Waals surface area (Å²) in [5.74, 6) is 1.15. The topological polar surface area (TPSA) is 46.5 Å². The molecule has 1 fully saturated rings. The van der Waals surface area contributed by atoms with Gasteiger partial charge in [0.1, 0.15) is 0 Å². The Hall–Kier alpha value is -1.19. The summed E-state index contributed by atoms with van der Waals surface area (Å²) in [6.07, 6.45) is 1.84. The van der Waals surface area contributed by atoms with E-state index >= 15 is 0 Å². The molecule has 3 heteroatoms. The van der Waals surface area contributed by atoms with Crippen LogP contribution in [0.5, 0.6) is 0 Å². The van der Waals surface area contributed by atoms with E-state index in [1.165, 1.54) is 6.42 Å². The van der Waals surface area contributed by atoms with Crippen LogP contribution < -0.4 is 0 Å². The number of ether oxygens (including phenoxy) is 1. The molecule has 0 saturated heterocycles. The normalized spacial score (nSPS) is 27.6. The number of hydrogen-bond acceptors (Lipinski definition) is 3. The smallest absolute Gasteiger partial charge is 0.220 e. The molecule has 1 aliphatic rings. The number of hydrogen-bond donors (Lipinski definition) is 1. The third-order valence-corrected chi connectivity index (χ3v) is 4.55. The van der Waals surface area contributed by atoms with E-state index in [0.717, 1.165) is 12.8 Å². The van der Waals surface area contributed by atoms with E-state index in [4.69, 9.17) is 4.74 Å². The van der Waals surface area contributed by atoms with Crippen molar-refractivity contribution in [1.29, 1.82) is 0 Å². The van der Waals surface area contributed by atoms with Crippen molar-refractivity contribution in [3.05, 3.63) is 35.9 Å². The molecule has 0 radical (unpaired) electrons. The number of aliphatic hydroxyl groups excluding tert-OH is 1. The molecule has 0 aliphatic heterocycles. The molecule has 4 unspecified atom stereocenters. The van der Waals surface area contributed by atoms with Gasteiger partial charge in [-0.05, 0) is 30.6 Å². The molecule has 1 aromatic rings. The van der Waals surface area contributed by atoms with Crippen LogP contribution in [-0.4, -0.2) is 23.3 Å². The number of carbonyl (C=O) groups excluding carboxylic acids is 1. The van der Waals surface area contributed by atoms with E-state index in [0.29, 0.717) is 23.3 Å². The van der Waals surface area contributed by atoms with Crippen LogP contribution in [0.2, 0.25) is 0 Å². The van der Waals surface area contributed by atoms with Crippen molar-refractivity contribution in [1.82, 2.24) is 0 Å². The number of aliphatic hydroxyl groups is 1. The number of ketones is 1. The molecule has 1 N–H and O–H groups in total. The molecule has 0 aromatic heterocycles. The highest BCUT2D eigenvalue weighted by atomic mass is 16.6. The lowest BCUT2D eigenvalue weighted by molar-refractivity contribution is -0.144. The van der Waals surface area contributed by atoms with Crippen LogP contribution >= 0.6 is 0 Å². The van der Waals surface area contributed by atoms with Crippen molar-refractivity contribution in [2.24, 2.45) is 17.8 Å². The number of benzene rings is 1. The highest BCUT2D eigenvalue weighted by Gasteiger charge is 2.34. The maximum atomic E-state index is 12.2. The van der Waals surface area contributed by atoms with Gasteiger partial charge in [-0.3, -0.25) is 4.79 Å². The van der Waals surface area contributed by atoms with Gasteiger partial charge in [-0.2, -0.15) is 0 Å². The van der Waals surface area contributed by atoms with Crippen LogP contribution in [0.1, 0.15) is 50.4 Å². The van der Waals surface area contributed by atoms with Gasteiger partial charge in [0.2, 0.25) is 12.1 Å². The van der Waals surface area contributed by atoms with Crippen molar-refractivity contribution in [2.75, 3.05) is 0 Å². The monoisotopic (exact) mass is 290 g/mol. The lowest BCUT2D eigenvalue weighted by Gasteiger charge is -2.37. The first-order chi connectivity index (χ1) is 9.99. The molecule has 1 aliphatic carbocycles. The largest absolute Gasteiger partial charge is 0.362 e.